The van der Waals surface area contributed by atoms with Crippen LogP contribution in [-0.4, -0.2) is 5.11 Å². The minimum Gasteiger partial charge on any atom is -0.513 e. The maximum Gasteiger partial charge on any atom is 0.0886 e. The van der Waals surface area contributed by atoms with Gasteiger partial charge in [-0.05, 0) is 76.7 Å². The van der Waals surface area contributed by atoms with Crippen molar-refractivity contribution >= 4 is 0 Å². The van der Waals surface area contributed by atoms with E-state index in [9.17, 15) is 5.11 Å². The highest BCUT2D eigenvalue weighted by Crippen LogP contribution is 2.27. The van der Waals surface area contributed by atoms with Gasteiger partial charge in [0, 0.05) is 6.42 Å². The Morgan fingerprint density at radius 1 is 1.15 bits per heavy atom. The van der Waals surface area contributed by atoms with E-state index < -0.39 is 0 Å². The topological polar surface area (TPSA) is 20.2 Å². The quantitative estimate of drug-likeness (QED) is 0.194. The molecule has 0 aromatic carbocycles. The smallest absolute Gasteiger partial charge is 0.0886 e. The number of unbranched alkanes of at least 4 members (excludes halogenated alkanes) is 2. The summed E-state index contributed by atoms with van der Waals surface area (Å²) in [5.41, 5.74) is 4.47. The first-order chi connectivity index (χ1) is 12.9. The fourth-order valence-corrected chi connectivity index (χ4v) is 3.68. The van der Waals surface area contributed by atoms with Crippen molar-refractivity contribution in [3.05, 3.63) is 46.8 Å². The largest absolute Gasteiger partial charge is 0.513 e. The lowest BCUT2D eigenvalue weighted by atomic mass is 9.88. The van der Waals surface area contributed by atoms with Crippen LogP contribution in [0.25, 0.3) is 0 Å². The predicted octanol–water partition coefficient (Wildman–Crippen LogP) is 8.84. The SMILES string of the molecule is CCCCC/C(C)=C/CCC(C)CCC/C(O)=C/CC1=CC=C(C)C(C)C1. The fourth-order valence-electron chi connectivity index (χ4n) is 3.68. The van der Waals surface area contributed by atoms with Crippen LogP contribution in [0.5, 0.6) is 0 Å². The molecule has 0 bridgehead atoms. The van der Waals surface area contributed by atoms with Gasteiger partial charge in [-0.15, -0.1) is 0 Å². The monoisotopic (exact) mass is 372 g/mol. The maximum absolute atomic E-state index is 10.2. The minimum absolute atomic E-state index is 0.577. The summed E-state index contributed by atoms with van der Waals surface area (Å²) in [6.45, 7) is 11.4. The van der Waals surface area contributed by atoms with Crippen LogP contribution in [0, 0.1) is 11.8 Å². The fraction of sp³-hybridized carbons (Fsp3) is 0.692. The highest BCUT2D eigenvalue weighted by molar-refractivity contribution is 5.26. The third-order valence-electron chi connectivity index (χ3n) is 5.98. The Morgan fingerprint density at radius 2 is 1.93 bits per heavy atom. The van der Waals surface area contributed by atoms with E-state index in [1.54, 1.807) is 5.57 Å². The first-order valence-electron chi connectivity index (χ1n) is 11.3. The molecular formula is C26H44O. The van der Waals surface area contributed by atoms with Crippen LogP contribution in [0.4, 0.5) is 0 Å². The average Bonchev–Trinajstić information content (AvgIpc) is 2.63. The highest BCUT2D eigenvalue weighted by Gasteiger charge is 2.11. The molecule has 0 amide bonds. The summed E-state index contributed by atoms with van der Waals surface area (Å²) in [5.74, 6) is 1.96. The summed E-state index contributed by atoms with van der Waals surface area (Å²) in [7, 11) is 0. The van der Waals surface area contributed by atoms with E-state index in [2.05, 4.69) is 52.8 Å². The second-order valence-electron chi connectivity index (χ2n) is 8.82. The summed E-state index contributed by atoms with van der Waals surface area (Å²) in [5, 5.41) is 10.2. The molecule has 1 aliphatic carbocycles. The lowest BCUT2D eigenvalue weighted by Crippen LogP contribution is -2.02. The Morgan fingerprint density at radius 3 is 2.63 bits per heavy atom. The highest BCUT2D eigenvalue weighted by atomic mass is 16.3. The van der Waals surface area contributed by atoms with E-state index in [0.717, 1.165) is 31.6 Å². The first kappa shape index (κ1) is 23.8. The molecule has 0 heterocycles. The number of rotatable bonds is 13. The third-order valence-corrected chi connectivity index (χ3v) is 5.98. The summed E-state index contributed by atoms with van der Waals surface area (Å²) in [4.78, 5) is 0. The molecule has 1 rings (SSSR count). The zero-order valence-corrected chi connectivity index (χ0v) is 18.7. The molecule has 2 unspecified atom stereocenters. The van der Waals surface area contributed by atoms with E-state index in [0.29, 0.717) is 11.7 Å². The Bertz CT molecular complexity index is 532. The Balaban J connectivity index is 2.17. The van der Waals surface area contributed by atoms with E-state index in [1.165, 1.54) is 56.1 Å². The lowest BCUT2D eigenvalue weighted by molar-refractivity contribution is 0.368. The van der Waals surface area contributed by atoms with Crippen LogP contribution >= 0.6 is 0 Å². The Labute approximate surface area is 169 Å². The second kappa shape index (κ2) is 13.9. The number of aliphatic hydroxyl groups is 1. The second-order valence-corrected chi connectivity index (χ2v) is 8.82. The third kappa shape index (κ3) is 11.3. The van der Waals surface area contributed by atoms with Gasteiger partial charge < -0.3 is 5.11 Å². The molecule has 1 aliphatic rings. The summed E-state index contributed by atoms with van der Waals surface area (Å²) in [6, 6.07) is 0. The molecule has 1 N–H and O–H groups in total. The van der Waals surface area contributed by atoms with E-state index in [1.807, 2.05) is 6.08 Å². The molecule has 27 heavy (non-hydrogen) atoms. The molecule has 0 fully saturated rings. The van der Waals surface area contributed by atoms with Crippen LogP contribution in [0.15, 0.2) is 46.8 Å². The van der Waals surface area contributed by atoms with Gasteiger partial charge in [0.1, 0.15) is 0 Å². The standard InChI is InChI=1S/C26H44O/c1-6-7-8-11-21(2)12-9-13-22(3)14-10-15-26(27)19-18-25-17-16-23(4)24(5)20-25/h12,16-17,19,22,24,27H,6-11,13-15,18,20H2,1-5H3/b21-12+,26-19-. The summed E-state index contributed by atoms with van der Waals surface area (Å²) in [6.07, 6.45) is 21.8. The molecule has 0 aliphatic heterocycles. The van der Waals surface area contributed by atoms with Gasteiger partial charge in [0.25, 0.3) is 0 Å². The van der Waals surface area contributed by atoms with E-state index in [-0.39, 0.29) is 0 Å². The molecule has 0 radical (unpaired) electrons. The van der Waals surface area contributed by atoms with E-state index in [4.69, 9.17) is 0 Å². The van der Waals surface area contributed by atoms with Gasteiger partial charge in [0.05, 0.1) is 5.76 Å². The molecule has 2 atom stereocenters. The van der Waals surface area contributed by atoms with Crippen LogP contribution in [0.2, 0.25) is 0 Å². The lowest BCUT2D eigenvalue weighted by Gasteiger charge is -2.18. The van der Waals surface area contributed by atoms with Crippen LogP contribution in [-0.2, 0) is 0 Å². The van der Waals surface area contributed by atoms with Crippen LogP contribution < -0.4 is 0 Å². The molecule has 0 saturated heterocycles. The normalized spacial score (nSPS) is 19.7. The molecule has 1 heteroatoms. The van der Waals surface area contributed by atoms with Crippen molar-refractivity contribution in [2.24, 2.45) is 11.8 Å². The summed E-state index contributed by atoms with van der Waals surface area (Å²) >= 11 is 0. The zero-order valence-electron chi connectivity index (χ0n) is 18.7. The first-order valence-corrected chi connectivity index (χ1v) is 11.3. The maximum atomic E-state index is 10.2. The van der Waals surface area contributed by atoms with Crippen molar-refractivity contribution in [1.29, 1.82) is 0 Å². The van der Waals surface area contributed by atoms with Crippen molar-refractivity contribution in [2.45, 2.75) is 105 Å². The minimum atomic E-state index is 0.577. The Hall–Kier alpha value is -1.24. The van der Waals surface area contributed by atoms with Crippen molar-refractivity contribution in [2.75, 3.05) is 0 Å². The van der Waals surface area contributed by atoms with Crippen molar-refractivity contribution < 1.29 is 5.11 Å². The molecule has 0 spiro atoms. The number of hydrogen-bond donors (Lipinski definition) is 1. The molecule has 1 nitrogen and oxygen atoms in total. The van der Waals surface area contributed by atoms with Crippen molar-refractivity contribution in [1.82, 2.24) is 0 Å². The number of aliphatic hydroxyl groups excluding tert-OH is 1. The van der Waals surface area contributed by atoms with Crippen molar-refractivity contribution in [3.63, 3.8) is 0 Å². The van der Waals surface area contributed by atoms with E-state index >= 15 is 0 Å². The number of hydrogen-bond acceptors (Lipinski definition) is 1. The molecular weight excluding hydrogens is 328 g/mol. The number of allylic oxidation sites excluding steroid dienone is 8. The summed E-state index contributed by atoms with van der Waals surface area (Å²) < 4.78 is 0. The van der Waals surface area contributed by atoms with Gasteiger partial charge in [-0.3, -0.25) is 0 Å². The van der Waals surface area contributed by atoms with Gasteiger partial charge in [0.2, 0.25) is 0 Å². The molecule has 0 saturated carbocycles. The van der Waals surface area contributed by atoms with Gasteiger partial charge in [-0.25, -0.2) is 0 Å². The van der Waals surface area contributed by atoms with Gasteiger partial charge in [0.15, 0.2) is 0 Å². The molecule has 0 aromatic heterocycles. The Kier molecular flexibility index (Phi) is 12.2. The van der Waals surface area contributed by atoms with Crippen molar-refractivity contribution in [3.8, 4) is 0 Å². The zero-order chi connectivity index (χ0) is 20.1. The molecule has 154 valence electrons. The van der Waals surface area contributed by atoms with Gasteiger partial charge in [-0.1, -0.05) is 75.0 Å². The van der Waals surface area contributed by atoms with Crippen LogP contribution in [0.3, 0.4) is 0 Å². The average molecular weight is 373 g/mol. The van der Waals surface area contributed by atoms with Gasteiger partial charge >= 0.3 is 0 Å². The van der Waals surface area contributed by atoms with Crippen LogP contribution in [0.1, 0.15) is 105 Å². The molecule has 0 aromatic rings. The predicted molar refractivity (Wildman–Crippen MR) is 121 cm³/mol. The van der Waals surface area contributed by atoms with Gasteiger partial charge in [-0.2, -0.15) is 0 Å².